The maximum Gasteiger partial charge on any atom is 0.353 e. The molecule has 2 aromatic carbocycles. The fourth-order valence-corrected chi connectivity index (χ4v) is 4.70. The molecule has 1 heterocycles. The Morgan fingerprint density at radius 2 is 1.75 bits per heavy atom. The second-order valence-electron chi connectivity index (χ2n) is 7.50. The van der Waals surface area contributed by atoms with Gasteiger partial charge in [0.15, 0.2) is 0 Å². The number of carboxylic acid groups (broad SMARTS) is 1. The van der Waals surface area contributed by atoms with Gasteiger partial charge in [-0.05, 0) is 47.9 Å². The van der Waals surface area contributed by atoms with Gasteiger partial charge in [-0.3, -0.25) is 4.79 Å². The Bertz CT molecular complexity index is 1080. The molecule has 1 aliphatic carbocycles. The van der Waals surface area contributed by atoms with Gasteiger partial charge in [-0.1, -0.05) is 65.5 Å². The molecule has 1 aromatic heterocycles. The Kier molecular flexibility index (Phi) is 5.36. The van der Waals surface area contributed by atoms with E-state index >= 15 is 0 Å². The predicted octanol–water partition coefficient (Wildman–Crippen LogP) is 5.71. The zero-order chi connectivity index (χ0) is 19.7. The fraction of sp³-hybridized carbons (Fsp3) is 0.304. The molecular weight excluding hydrogens is 418 g/mol. The van der Waals surface area contributed by atoms with Crippen LogP contribution in [-0.4, -0.2) is 15.6 Å². The minimum absolute atomic E-state index is 0.0902. The normalized spacial score (nSPS) is 15.0. The van der Waals surface area contributed by atoms with E-state index in [1.807, 2.05) is 42.5 Å². The van der Waals surface area contributed by atoms with Crippen molar-refractivity contribution in [3.8, 4) is 11.1 Å². The van der Waals surface area contributed by atoms with Crippen LogP contribution in [0, 0.1) is 5.92 Å². The van der Waals surface area contributed by atoms with Crippen molar-refractivity contribution in [1.82, 2.24) is 4.57 Å². The molecule has 4 nitrogen and oxygen atoms in total. The monoisotopic (exact) mass is 439 g/mol. The van der Waals surface area contributed by atoms with Gasteiger partial charge in [-0.2, -0.15) is 0 Å². The third kappa shape index (κ3) is 3.51. The number of fused-ring (bicyclic) bond motifs is 1. The number of nitrogens with zero attached hydrogens (tertiary/aromatic N) is 1. The Balaban J connectivity index is 2.04. The number of pyridine rings is 1. The van der Waals surface area contributed by atoms with Crippen LogP contribution >= 0.6 is 15.9 Å². The van der Waals surface area contributed by atoms with E-state index in [0.29, 0.717) is 28.8 Å². The SMILES string of the molecule is O=C(O)c1c(-c2ccccc2)c2cc(Br)ccc2c(=O)n1CC1CCCCC1. The van der Waals surface area contributed by atoms with Crippen LogP contribution in [0.3, 0.4) is 0 Å². The summed E-state index contributed by atoms with van der Waals surface area (Å²) in [5.41, 5.74) is 1.29. The van der Waals surface area contributed by atoms with Crippen molar-refractivity contribution < 1.29 is 9.90 Å². The molecule has 1 aliphatic rings. The summed E-state index contributed by atoms with van der Waals surface area (Å²) in [4.78, 5) is 25.7. The standard InChI is InChI=1S/C23H22BrNO3/c24-17-11-12-18-19(13-17)20(16-9-5-2-6-10-16)21(23(27)28)25(22(18)26)14-15-7-3-1-4-8-15/h2,5-6,9-13,15H,1,3-4,7-8,14H2,(H,27,28). The predicted molar refractivity (Wildman–Crippen MR) is 115 cm³/mol. The Morgan fingerprint density at radius 1 is 1.04 bits per heavy atom. The molecule has 4 rings (SSSR count). The number of carbonyl (C=O) groups is 1. The molecule has 0 atom stereocenters. The average Bonchev–Trinajstić information content (AvgIpc) is 2.71. The summed E-state index contributed by atoms with van der Waals surface area (Å²) in [6, 6.07) is 15.0. The minimum atomic E-state index is -1.06. The van der Waals surface area contributed by atoms with E-state index in [4.69, 9.17) is 0 Å². The molecule has 3 aromatic rings. The quantitative estimate of drug-likeness (QED) is 0.566. The van der Waals surface area contributed by atoms with Gasteiger partial charge in [0, 0.05) is 22.0 Å². The van der Waals surface area contributed by atoms with Crippen molar-refractivity contribution in [1.29, 1.82) is 0 Å². The number of rotatable bonds is 4. The van der Waals surface area contributed by atoms with Crippen LogP contribution in [0.25, 0.3) is 21.9 Å². The highest BCUT2D eigenvalue weighted by Gasteiger charge is 2.25. The van der Waals surface area contributed by atoms with Crippen LogP contribution in [0.1, 0.15) is 42.6 Å². The van der Waals surface area contributed by atoms with Crippen molar-refractivity contribution in [2.24, 2.45) is 5.92 Å². The van der Waals surface area contributed by atoms with E-state index in [2.05, 4.69) is 15.9 Å². The molecule has 0 aliphatic heterocycles. The van der Waals surface area contributed by atoms with Gasteiger partial charge in [-0.25, -0.2) is 4.79 Å². The van der Waals surface area contributed by atoms with Gasteiger partial charge in [0.25, 0.3) is 5.56 Å². The van der Waals surface area contributed by atoms with Gasteiger partial charge in [-0.15, -0.1) is 0 Å². The summed E-state index contributed by atoms with van der Waals surface area (Å²) in [6.45, 7) is 0.465. The van der Waals surface area contributed by atoms with Crippen LogP contribution in [0.2, 0.25) is 0 Å². The van der Waals surface area contributed by atoms with E-state index in [9.17, 15) is 14.7 Å². The molecule has 1 saturated carbocycles. The third-order valence-corrected chi connectivity index (χ3v) is 6.16. The largest absolute Gasteiger partial charge is 0.477 e. The second kappa shape index (κ2) is 7.92. The zero-order valence-corrected chi connectivity index (χ0v) is 17.1. The summed E-state index contributed by atoms with van der Waals surface area (Å²) in [7, 11) is 0. The van der Waals surface area contributed by atoms with Gasteiger partial charge >= 0.3 is 5.97 Å². The van der Waals surface area contributed by atoms with Crippen molar-refractivity contribution in [3.05, 3.63) is 69.1 Å². The van der Waals surface area contributed by atoms with E-state index in [1.165, 1.54) is 11.0 Å². The van der Waals surface area contributed by atoms with Gasteiger partial charge < -0.3 is 9.67 Å². The third-order valence-electron chi connectivity index (χ3n) is 5.66. The van der Waals surface area contributed by atoms with Crippen LogP contribution in [0.4, 0.5) is 0 Å². The summed E-state index contributed by atoms with van der Waals surface area (Å²) >= 11 is 3.47. The highest BCUT2D eigenvalue weighted by Crippen LogP contribution is 2.34. The Hall–Kier alpha value is -2.40. The molecule has 0 radical (unpaired) electrons. The molecule has 1 fully saturated rings. The van der Waals surface area contributed by atoms with E-state index < -0.39 is 5.97 Å². The maximum atomic E-state index is 13.3. The average molecular weight is 440 g/mol. The van der Waals surface area contributed by atoms with E-state index in [-0.39, 0.29) is 11.3 Å². The fourth-order valence-electron chi connectivity index (χ4n) is 4.34. The first-order chi connectivity index (χ1) is 13.6. The first-order valence-corrected chi connectivity index (χ1v) is 10.5. The molecule has 1 N–H and O–H groups in total. The van der Waals surface area contributed by atoms with Crippen LogP contribution in [-0.2, 0) is 6.54 Å². The molecule has 144 valence electrons. The lowest BCUT2D eigenvalue weighted by atomic mass is 9.88. The molecule has 0 saturated heterocycles. The number of halogens is 1. The van der Waals surface area contributed by atoms with Crippen LogP contribution in [0.5, 0.6) is 0 Å². The number of aromatic carboxylic acids is 1. The molecule has 0 unspecified atom stereocenters. The second-order valence-corrected chi connectivity index (χ2v) is 8.42. The summed E-state index contributed by atoms with van der Waals surface area (Å²) in [6.07, 6.45) is 5.61. The molecule has 5 heteroatoms. The first kappa shape index (κ1) is 18.9. The maximum absolute atomic E-state index is 13.3. The van der Waals surface area contributed by atoms with Crippen molar-refractivity contribution in [2.45, 2.75) is 38.6 Å². The number of hydrogen-bond donors (Lipinski definition) is 1. The number of carboxylic acids is 1. The molecule has 28 heavy (non-hydrogen) atoms. The van der Waals surface area contributed by atoms with Crippen LogP contribution < -0.4 is 5.56 Å². The molecular formula is C23H22BrNO3. The van der Waals surface area contributed by atoms with Gasteiger partial charge in [0.2, 0.25) is 0 Å². The topological polar surface area (TPSA) is 59.3 Å². The zero-order valence-electron chi connectivity index (χ0n) is 15.5. The highest BCUT2D eigenvalue weighted by atomic mass is 79.9. The molecule has 0 bridgehead atoms. The first-order valence-electron chi connectivity index (χ1n) is 9.71. The highest BCUT2D eigenvalue weighted by molar-refractivity contribution is 9.10. The van der Waals surface area contributed by atoms with Crippen LogP contribution in [0.15, 0.2) is 57.8 Å². The summed E-state index contributed by atoms with van der Waals surface area (Å²) in [5.74, 6) is -0.713. The summed E-state index contributed by atoms with van der Waals surface area (Å²) in [5, 5.41) is 11.3. The van der Waals surface area contributed by atoms with Gasteiger partial charge in [0.05, 0.1) is 0 Å². The lowest BCUT2D eigenvalue weighted by Crippen LogP contribution is -2.31. The number of benzene rings is 2. The van der Waals surface area contributed by atoms with E-state index in [1.54, 1.807) is 6.07 Å². The lowest BCUT2D eigenvalue weighted by molar-refractivity contribution is 0.0682. The Labute approximate surface area is 171 Å². The van der Waals surface area contributed by atoms with E-state index in [0.717, 1.165) is 35.7 Å². The summed E-state index contributed by atoms with van der Waals surface area (Å²) < 4.78 is 2.33. The number of hydrogen-bond acceptors (Lipinski definition) is 2. The number of aromatic nitrogens is 1. The molecule has 0 spiro atoms. The molecule has 0 amide bonds. The van der Waals surface area contributed by atoms with Crippen molar-refractivity contribution >= 4 is 32.7 Å². The smallest absolute Gasteiger partial charge is 0.353 e. The van der Waals surface area contributed by atoms with Gasteiger partial charge in [0.1, 0.15) is 5.69 Å². The lowest BCUT2D eigenvalue weighted by Gasteiger charge is -2.25. The minimum Gasteiger partial charge on any atom is -0.477 e. The Morgan fingerprint density at radius 3 is 2.43 bits per heavy atom. The van der Waals surface area contributed by atoms with Crippen molar-refractivity contribution in [3.63, 3.8) is 0 Å². The van der Waals surface area contributed by atoms with Crippen molar-refractivity contribution in [2.75, 3.05) is 0 Å².